The van der Waals surface area contributed by atoms with Gasteiger partial charge in [0, 0.05) is 19.0 Å². The minimum Gasteiger partial charge on any atom is -0.336 e. The highest BCUT2D eigenvalue weighted by Gasteiger charge is 2.26. The van der Waals surface area contributed by atoms with Crippen molar-refractivity contribution in [2.45, 2.75) is 77.4 Å². The molecule has 0 amide bonds. The van der Waals surface area contributed by atoms with Gasteiger partial charge >= 0.3 is 5.69 Å². The van der Waals surface area contributed by atoms with Gasteiger partial charge in [0.1, 0.15) is 11.3 Å². The summed E-state index contributed by atoms with van der Waals surface area (Å²) in [5.41, 5.74) is 0.289. The fourth-order valence-corrected chi connectivity index (χ4v) is 3.78. The number of imidazole rings is 1. The standard InChI is InChI=1S/C18H25N5O3/c1-3-9-22-16-14(17(25)23(10-4-2)18(22)26)20-15(21-16)12-5-7-13(8-6-12)19-11-24/h12-13H,3-10H2,1-2H3,(H,20,21). The summed E-state index contributed by atoms with van der Waals surface area (Å²) in [6, 6.07) is 0.0354. The number of carbonyl (C=O) groups excluding carboxylic acids is 1. The maximum atomic E-state index is 12.7. The molecule has 2 aromatic rings. The molecule has 0 spiro atoms. The van der Waals surface area contributed by atoms with Crippen LogP contribution >= 0.6 is 0 Å². The number of H-pyrrole nitrogens is 1. The molecule has 0 bridgehead atoms. The zero-order valence-corrected chi connectivity index (χ0v) is 15.3. The van der Waals surface area contributed by atoms with E-state index >= 15 is 0 Å². The molecule has 8 heteroatoms. The Hall–Kier alpha value is -2.47. The van der Waals surface area contributed by atoms with Crippen LogP contribution in [0.2, 0.25) is 0 Å². The first-order valence-electron chi connectivity index (χ1n) is 9.40. The Morgan fingerprint density at radius 2 is 1.77 bits per heavy atom. The highest BCUT2D eigenvalue weighted by atomic mass is 16.2. The predicted octanol–water partition coefficient (Wildman–Crippen LogP) is 2.07. The van der Waals surface area contributed by atoms with Crippen LogP contribution in [0.5, 0.6) is 0 Å². The Morgan fingerprint density at radius 3 is 2.38 bits per heavy atom. The van der Waals surface area contributed by atoms with Gasteiger partial charge in [-0.15, -0.1) is 0 Å². The Bertz CT molecular complexity index is 940. The Kier molecular flexibility index (Phi) is 5.52. The Morgan fingerprint density at radius 1 is 1.12 bits per heavy atom. The van der Waals surface area contributed by atoms with Gasteiger partial charge in [0.15, 0.2) is 5.65 Å². The van der Waals surface area contributed by atoms with E-state index in [1.165, 1.54) is 4.57 Å². The lowest BCUT2D eigenvalue weighted by Gasteiger charge is -2.23. The van der Waals surface area contributed by atoms with Crippen LogP contribution < -0.4 is 11.2 Å². The monoisotopic (exact) mass is 359 g/mol. The summed E-state index contributed by atoms with van der Waals surface area (Å²) in [7, 11) is 0. The third kappa shape index (κ3) is 3.29. The van der Waals surface area contributed by atoms with E-state index in [0.29, 0.717) is 24.3 Å². The largest absolute Gasteiger partial charge is 0.336 e. The van der Waals surface area contributed by atoms with E-state index in [4.69, 9.17) is 0 Å². The van der Waals surface area contributed by atoms with Crippen LogP contribution in [0.4, 0.5) is 0 Å². The summed E-state index contributed by atoms with van der Waals surface area (Å²) >= 11 is 0. The fourth-order valence-electron chi connectivity index (χ4n) is 3.78. The van der Waals surface area contributed by atoms with E-state index in [-0.39, 0.29) is 23.2 Å². The molecule has 3 rings (SSSR count). The molecule has 0 atom stereocenters. The number of aliphatic imine (C=N–C) groups is 1. The van der Waals surface area contributed by atoms with Crippen molar-refractivity contribution in [2.75, 3.05) is 0 Å². The van der Waals surface area contributed by atoms with Crippen molar-refractivity contribution in [1.29, 1.82) is 0 Å². The molecule has 0 unspecified atom stereocenters. The molecule has 1 aliphatic rings. The molecule has 26 heavy (non-hydrogen) atoms. The second kappa shape index (κ2) is 7.83. The van der Waals surface area contributed by atoms with Gasteiger partial charge in [-0.1, -0.05) is 13.8 Å². The number of aryl methyl sites for hydroxylation is 1. The van der Waals surface area contributed by atoms with Gasteiger partial charge in [0.2, 0.25) is 6.08 Å². The van der Waals surface area contributed by atoms with Crippen LogP contribution in [0.3, 0.4) is 0 Å². The average Bonchev–Trinajstić information content (AvgIpc) is 3.08. The van der Waals surface area contributed by atoms with Crippen molar-refractivity contribution in [3.8, 4) is 0 Å². The second-order valence-corrected chi connectivity index (χ2v) is 6.94. The first-order valence-corrected chi connectivity index (χ1v) is 9.40. The van der Waals surface area contributed by atoms with E-state index in [2.05, 4.69) is 15.0 Å². The molecule has 1 aliphatic carbocycles. The number of nitrogens with zero attached hydrogens (tertiary/aromatic N) is 4. The van der Waals surface area contributed by atoms with Crippen LogP contribution in [0, 0.1) is 0 Å². The third-order valence-electron chi connectivity index (χ3n) is 5.09. The molecular weight excluding hydrogens is 334 g/mol. The third-order valence-corrected chi connectivity index (χ3v) is 5.09. The SMILES string of the molecule is CCCn1c(=O)c2[nH]c(C3CCC(N=C=O)CC3)nc2n(CCC)c1=O. The molecule has 2 aromatic heterocycles. The van der Waals surface area contributed by atoms with Crippen LogP contribution in [-0.2, 0) is 17.9 Å². The molecular formula is C18H25N5O3. The molecule has 0 aromatic carbocycles. The lowest BCUT2D eigenvalue weighted by molar-refractivity contribution is 0.386. The normalized spacial score (nSPS) is 20.2. The van der Waals surface area contributed by atoms with Gasteiger partial charge in [-0.3, -0.25) is 13.9 Å². The number of hydrogen-bond acceptors (Lipinski definition) is 5. The molecule has 1 saturated carbocycles. The number of aromatic nitrogens is 4. The Balaban J connectivity index is 2.04. The van der Waals surface area contributed by atoms with Gasteiger partial charge in [0.25, 0.3) is 5.56 Å². The first-order chi connectivity index (χ1) is 12.6. The number of nitrogens with one attached hydrogen (secondary N) is 1. The minimum atomic E-state index is -0.294. The molecule has 0 aliphatic heterocycles. The molecule has 2 heterocycles. The van der Waals surface area contributed by atoms with E-state index < -0.39 is 0 Å². The van der Waals surface area contributed by atoms with Crippen LogP contribution in [0.25, 0.3) is 11.2 Å². The predicted molar refractivity (Wildman–Crippen MR) is 98.3 cm³/mol. The van der Waals surface area contributed by atoms with Crippen molar-refractivity contribution in [2.24, 2.45) is 4.99 Å². The van der Waals surface area contributed by atoms with Gasteiger partial charge in [0.05, 0.1) is 6.04 Å². The van der Waals surface area contributed by atoms with Crippen molar-refractivity contribution in [1.82, 2.24) is 19.1 Å². The summed E-state index contributed by atoms with van der Waals surface area (Å²) in [5, 5.41) is 0. The second-order valence-electron chi connectivity index (χ2n) is 6.94. The Labute approximate surface area is 151 Å². The number of aromatic amines is 1. The molecule has 0 radical (unpaired) electrons. The van der Waals surface area contributed by atoms with Gasteiger partial charge in [-0.2, -0.15) is 0 Å². The van der Waals surface area contributed by atoms with Crippen molar-refractivity contribution >= 4 is 17.2 Å². The van der Waals surface area contributed by atoms with Crippen molar-refractivity contribution in [3.63, 3.8) is 0 Å². The van der Waals surface area contributed by atoms with Crippen LogP contribution in [0.1, 0.15) is 64.1 Å². The minimum absolute atomic E-state index is 0.0354. The van der Waals surface area contributed by atoms with Crippen LogP contribution in [-0.4, -0.2) is 31.2 Å². The van der Waals surface area contributed by atoms with Crippen molar-refractivity contribution in [3.05, 3.63) is 26.7 Å². The lowest BCUT2D eigenvalue weighted by Crippen LogP contribution is -2.40. The molecule has 8 nitrogen and oxygen atoms in total. The molecule has 1 N–H and O–H groups in total. The van der Waals surface area contributed by atoms with Crippen molar-refractivity contribution < 1.29 is 4.79 Å². The van der Waals surface area contributed by atoms with Gasteiger partial charge in [-0.05, 0) is 38.5 Å². The highest BCUT2D eigenvalue weighted by Crippen LogP contribution is 2.33. The van der Waals surface area contributed by atoms with E-state index in [0.717, 1.165) is 44.3 Å². The average molecular weight is 359 g/mol. The fraction of sp³-hybridized carbons (Fsp3) is 0.667. The quantitative estimate of drug-likeness (QED) is 0.630. The van der Waals surface area contributed by atoms with E-state index in [9.17, 15) is 14.4 Å². The van der Waals surface area contributed by atoms with Gasteiger partial charge in [-0.25, -0.2) is 19.6 Å². The molecule has 140 valence electrons. The summed E-state index contributed by atoms with van der Waals surface area (Å²) in [6.45, 7) is 4.87. The lowest BCUT2D eigenvalue weighted by atomic mass is 9.86. The van der Waals surface area contributed by atoms with Gasteiger partial charge < -0.3 is 4.98 Å². The summed E-state index contributed by atoms with van der Waals surface area (Å²) < 4.78 is 2.91. The maximum Gasteiger partial charge on any atom is 0.332 e. The first kappa shape index (κ1) is 18.3. The van der Waals surface area contributed by atoms with Crippen LogP contribution in [0.15, 0.2) is 14.6 Å². The number of isocyanates is 1. The summed E-state index contributed by atoms with van der Waals surface area (Å²) in [4.78, 5) is 47.5. The highest BCUT2D eigenvalue weighted by molar-refractivity contribution is 5.70. The smallest absolute Gasteiger partial charge is 0.332 e. The summed E-state index contributed by atoms with van der Waals surface area (Å²) in [6.07, 6.45) is 6.44. The topological polar surface area (TPSA) is 102 Å². The zero-order valence-electron chi connectivity index (χ0n) is 15.3. The zero-order chi connectivity index (χ0) is 18.7. The number of rotatable bonds is 6. The molecule has 1 fully saturated rings. The summed E-state index contributed by atoms with van der Waals surface area (Å²) in [5.74, 6) is 0.939. The molecule has 0 saturated heterocycles. The maximum absolute atomic E-state index is 12.7. The number of fused-ring (bicyclic) bond motifs is 1. The number of hydrogen-bond donors (Lipinski definition) is 1. The van der Waals surface area contributed by atoms with E-state index in [1.54, 1.807) is 10.6 Å². The van der Waals surface area contributed by atoms with E-state index in [1.807, 2.05) is 13.8 Å².